The monoisotopic (exact) mass is 294 g/mol. The zero-order valence-corrected chi connectivity index (χ0v) is 12.8. The molecule has 0 saturated carbocycles. The van der Waals surface area contributed by atoms with Gasteiger partial charge in [-0.2, -0.15) is 0 Å². The van der Waals surface area contributed by atoms with Gasteiger partial charge in [-0.3, -0.25) is 0 Å². The Morgan fingerprint density at radius 1 is 1.25 bits per heavy atom. The molecule has 0 radical (unpaired) electrons. The third-order valence-corrected chi connectivity index (χ3v) is 4.55. The zero-order chi connectivity index (χ0) is 14.8. The van der Waals surface area contributed by atoms with Crippen LogP contribution in [0.3, 0.4) is 0 Å². The molecule has 0 spiro atoms. The normalized spacial score (nSPS) is 14.1. The fourth-order valence-electron chi connectivity index (χ4n) is 2.33. The van der Waals surface area contributed by atoms with E-state index in [0.717, 1.165) is 11.3 Å². The van der Waals surface area contributed by atoms with Crippen LogP contribution in [0.5, 0.6) is 5.75 Å². The Labute approximate surface area is 122 Å². The van der Waals surface area contributed by atoms with Crippen LogP contribution in [-0.2, 0) is 18.4 Å². The van der Waals surface area contributed by atoms with Gasteiger partial charge in [-0.1, -0.05) is 13.0 Å². The van der Waals surface area contributed by atoms with E-state index in [-0.39, 0.29) is 5.56 Å². The zero-order valence-electron chi connectivity index (χ0n) is 11.9. The quantitative estimate of drug-likeness (QED) is 0.906. The van der Waals surface area contributed by atoms with Gasteiger partial charge in [0.15, 0.2) is 0 Å². The van der Waals surface area contributed by atoms with Gasteiger partial charge in [0, 0.05) is 16.2 Å². The maximum absolute atomic E-state index is 14.1. The van der Waals surface area contributed by atoms with Gasteiger partial charge in [-0.05, 0) is 37.6 Å². The molecule has 1 aromatic heterocycles. The predicted octanol–water partition coefficient (Wildman–Crippen LogP) is 3.91. The summed E-state index contributed by atoms with van der Waals surface area (Å²) in [5.41, 5.74) is -1.08. The van der Waals surface area contributed by atoms with Crippen molar-refractivity contribution in [2.75, 3.05) is 7.11 Å². The van der Waals surface area contributed by atoms with Crippen molar-refractivity contribution in [3.8, 4) is 5.75 Å². The van der Waals surface area contributed by atoms with E-state index in [1.54, 1.807) is 30.4 Å². The molecule has 0 saturated heterocycles. The minimum absolute atomic E-state index is 0.217. The van der Waals surface area contributed by atoms with Gasteiger partial charge in [-0.25, -0.2) is 4.39 Å². The minimum atomic E-state index is -1.30. The number of ether oxygens (including phenoxy) is 1. The molecule has 1 atom stereocenters. The van der Waals surface area contributed by atoms with Crippen molar-refractivity contribution in [3.05, 3.63) is 51.5 Å². The lowest BCUT2D eigenvalue weighted by molar-refractivity contribution is 0.0518. The highest BCUT2D eigenvalue weighted by Gasteiger charge is 2.31. The van der Waals surface area contributed by atoms with Crippen molar-refractivity contribution in [1.29, 1.82) is 0 Å². The van der Waals surface area contributed by atoms with Gasteiger partial charge in [0.1, 0.15) is 11.6 Å². The molecule has 2 aromatic rings. The maximum Gasteiger partial charge on any atom is 0.133 e. The van der Waals surface area contributed by atoms with E-state index < -0.39 is 11.4 Å². The number of aryl methyl sites for hydroxylation is 1. The van der Waals surface area contributed by atoms with Crippen LogP contribution in [0.25, 0.3) is 0 Å². The van der Waals surface area contributed by atoms with E-state index in [1.165, 1.54) is 18.1 Å². The lowest BCUT2D eigenvalue weighted by atomic mass is 9.90. The summed E-state index contributed by atoms with van der Waals surface area (Å²) in [5, 5.41) is 10.7. The number of hydrogen-bond donors (Lipinski definition) is 1. The van der Waals surface area contributed by atoms with E-state index >= 15 is 0 Å². The number of thiophene rings is 1. The molecule has 1 aromatic carbocycles. The van der Waals surface area contributed by atoms with Gasteiger partial charge in [0.25, 0.3) is 0 Å². The molecule has 20 heavy (non-hydrogen) atoms. The molecule has 1 heterocycles. The van der Waals surface area contributed by atoms with E-state index in [2.05, 4.69) is 13.0 Å². The van der Waals surface area contributed by atoms with Gasteiger partial charge < -0.3 is 9.84 Å². The number of aliphatic hydroxyl groups is 1. The minimum Gasteiger partial charge on any atom is -0.496 e. The largest absolute Gasteiger partial charge is 0.496 e. The van der Waals surface area contributed by atoms with E-state index in [9.17, 15) is 9.50 Å². The summed E-state index contributed by atoms with van der Waals surface area (Å²) in [7, 11) is 1.48. The van der Waals surface area contributed by atoms with Crippen LogP contribution in [-0.4, -0.2) is 12.2 Å². The molecule has 2 nitrogen and oxygen atoms in total. The molecule has 0 amide bonds. The Bertz CT molecular complexity index is 590. The standard InChI is InChI=1S/C16H19FO2S/c1-4-11-8-9-12(20-11)10-16(2,18)15-13(17)6-5-7-14(15)19-3/h5-9,18H,4,10H2,1-3H3. The van der Waals surface area contributed by atoms with Crippen molar-refractivity contribution in [3.63, 3.8) is 0 Å². The Hall–Kier alpha value is -1.39. The van der Waals surface area contributed by atoms with Crippen LogP contribution in [0, 0.1) is 5.82 Å². The first kappa shape index (κ1) is 15.0. The molecule has 0 aliphatic carbocycles. The molecule has 108 valence electrons. The Morgan fingerprint density at radius 3 is 2.55 bits per heavy atom. The molecular weight excluding hydrogens is 275 g/mol. The average Bonchev–Trinajstić information content (AvgIpc) is 2.84. The lowest BCUT2D eigenvalue weighted by Crippen LogP contribution is -2.26. The highest BCUT2D eigenvalue weighted by Crippen LogP contribution is 2.36. The third-order valence-electron chi connectivity index (χ3n) is 3.32. The summed E-state index contributed by atoms with van der Waals surface area (Å²) in [6, 6.07) is 8.63. The molecule has 1 N–H and O–H groups in total. The number of halogens is 1. The van der Waals surface area contributed by atoms with Gasteiger partial charge in [0.05, 0.1) is 18.3 Å². The number of benzene rings is 1. The first-order valence-corrected chi connectivity index (χ1v) is 7.42. The van der Waals surface area contributed by atoms with Crippen LogP contribution < -0.4 is 4.74 Å². The second-order valence-electron chi connectivity index (χ2n) is 4.99. The molecule has 2 rings (SSSR count). The second-order valence-corrected chi connectivity index (χ2v) is 6.24. The Morgan fingerprint density at radius 2 is 1.95 bits per heavy atom. The van der Waals surface area contributed by atoms with Gasteiger partial charge in [-0.15, -0.1) is 11.3 Å². The van der Waals surface area contributed by atoms with Crippen LogP contribution in [0.15, 0.2) is 30.3 Å². The summed E-state index contributed by atoms with van der Waals surface area (Å²) < 4.78 is 19.3. The molecule has 0 aliphatic rings. The van der Waals surface area contributed by atoms with Crippen molar-refractivity contribution >= 4 is 11.3 Å². The number of rotatable bonds is 5. The Balaban J connectivity index is 2.34. The van der Waals surface area contributed by atoms with Crippen LogP contribution in [0.1, 0.15) is 29.2 Å². The summed E-state index contributed by atoms with van der Waals surface area (Å²) in [6.07, 6.45) is 1.34. The molecule has 1 unspecified atom stereocenters. The highest BCUT2D eigenvalue weighted by atomic mass is 32.1. The van der Waals surface area contributed by atoms with Crippen molar-refractivity contribution in [1.82, 2.24) is 0 Å². The van der Waals surface area contributed by atoms with Crippen LogP contribution in [0.2, 0.25) is 0 Å². The first-order chi connectivity index (χ1) is 9.47. The molecule has 4 heteroatoms. The molecular formula is C16H19FO2S. The molecule has 0 bridgehead atoms. The average molecular weight is 294 g/mol. The maximum atomic E-state index is 14.1. The second kappa shape index (κ2) is 5.94. The van der Waals surface area contributed by atoms with Crippen molar-refractivity contribution < 1.29 is 14.2 Å². The molecule has 0 fully saturated rings. The van der Waals surface area contributed by atoms with Gasteiger partial charge >= 0.3 is 0 Å². The fourth-order valence-corrected chi connectivity index (χ4v) is 3.44. The first-order valence-electron chi connectivity index (χ1n) is 6.61. The summed E-state index contributed by atoms with van der Waals surface area (Å²) >= 11 is 1.65. The Kier molecular flexibility index (Phi) is 4.45. The SMILES string of the molecule is CCc1ccc(CC(C)(O)c2c(F)cccc2OC)s1. The van der Waals surface area contributed by atoms with Crippen LogP contribution in [0.4, 0.5) is 4.39 Å². The smallest absolute Gasteiger partial charge is 0.133 e. The summed E-state index contributed by atoms with van der Waals surface area (Å²) in [4.78, 5) is 2.30. The third kappa shape index (κ3) is 3.02. The van der Waals surface area contributed by atoms with Gasteiger partial charge in [0.2, 0.25) is 0 Å². The van der Waals surface area contributed by atoms with E-state index in [1.807, 2.05) is 6.07 Å². The molecule has 0 aliphatic heterocycles. The predicted molar refractivity (Wildman–Crippen MR) is 79.9 cm³/mol. The summed E-state index contributed by atoms with van der Waals surface area (Å²) in [6.45, 7) is 3.72. The van der Waals surface area contributed by atoms with E-state index in [0.29, 0.717) is 12.2 Å². The van der Waals surface area contributed by atoms with E-state index in [4.69, 9.17) is 4.74 Å². The van der Waals surface area contributed by atoms with Crippen molar-refractivity contribution in [2.24, 2.45) is 0 Å². The number of hydrogen-bond acceptors (Lipinski definition) is 3. The highest BCUT2D eigenvalue weighted by molar-refractivity contribution is 7.12. The fraction of sp³-hybridized carbons (Fsp3) is 0.375. The lowest BCUT2D eigenvalue weighted by Gasteiger charge is -2.25. The number of methoxy groups -OCH3 is 1. The summed E-state index contributed by atoms with van der Waals surface area (Å²) in [5.74, 6) is -0.0658. The topological polar surface area (TPSA) is 29.5 Å². The van der Waals surface area contributed by atoms with Crippen LogP contribution >= 0.6 is 11.3 Å². The van der Waals surface area contributed by atoms with Crippen molar-refractivity contribution in [2.45, 2.75) is 32.3 Å².